The van der Waals surface area contributed by atoms with Gasteiger partial charge in [0.15, 0.2) is 0 Å². The highest BCUT2D eigenvalue weighted by molar-refractivity contribution is 5.87. The lowest BCUT2D eigenvalue weighted by Crippen LogP contribution is -2.36. The molecule has 2 N–H and O–H groups in total. The first-order valence-corrected chi connectivity index (χ1v) is 6.68. The van der Waals surface area contributed by atoms with Gasteiger partial charge >= 0.3 is 0 Å². The molecule has 132 valence electrons. The highest BCUT2D eigenvalue weighted by Gasteiger charge is 2.02. The van der Waals surface area contributed by atoms with Crippen molar-refractivity contribution in [3.63, 3.8) is 0 Å². The number of hydrogen-bond donors (Lipinski definition) is 2. The van der Waals surface area contributed by atoms with Gasteiger partial charge in [0, 0.05) is 0 Å². The molecule has 0 aliphatic rings. The third-order valence-corrected chi connectivity index (χ3v) is 1.90. The Morgan fingerprint density at radius 2 is 1.00 bits per heavy atom. The zero-order valence-corrected chi connectivity index (χ0v) is 14.4. The van der Waals surface area contributed by atoms with Crippen LogP contribution in [0.15, 0.2) is 12.2 Å². The maximum absolute atomic E-state index is 9.41. The van der Waals surface area contributed by atoms with Gasteiger partial charge in [-0.1, -0.05) is 0 Å². The molecule has 0 aromatic carbocycles. The third-order valence-electron chi connectivity index (χ3n) is 1.90. The van der Waals surface area contributed by atoms with Crippen molar-refractivity contribution < 1.29 is 39.0 Å². The molecule has 0 aliphatic carbocycles. The number of carbonyl (C=O) groups excluding carboxylic acids is 2. The molecule has 0 bridgehead atoms. The van der Waals surface area contributed by atoms with Crippen molar-refractivity contribution >= 4 is 11.9 Å². The monoisotopic (exact) mass is 322 g/mol. The highest BCUT2D eigenvalue weighted by atomic mass is 16.4. The van der Waals surface area contributed by atoms with Crippen molar-refractivity contribution in [2.45, 2.75) is 0 Å². The first-order chi connectivity index (χ1) is 9.75. The van der Waals surface area contributed by atoms with E-state index in [4.69, 9.17) is 10.2 Å². The van der Waals surface area contributed by atoms with Crippen molar-refractivity contribution in [1.82, 2.24) is 0 Å². The largest absolute Gasteiger partial charge is 0.545 e. The van der Waals surface area contributed by atoms with Gasteiger partial charge in [0.05, 0.1) is 67.4 Å². The number of aliphatic hydroxyl groups is 2. The fourth-order valence-electron chi connectivity index (χ4n) is 0.736. The lowest BCUT2D eigenvalue weighted by molar-refractivity contribution is -0.870. The number of hydrogen-bond acceptors (Lipinski definition) is 6. The number of aliphatic carboxylic acids is 2. The number of likely N-dealkylation sites (N-methyl/N-ethyl adjacent to an activating group) is 2. The van der Waals surface area contributed by atoms with E-state index < -0.39 is 11.9 Å². The molecule has 0 fully saturated rings. The molecule has 0 heterocycles. The first-order valence-electron chi connectivity index (χ1n) is 6.68. The SMILES string of the molecule is C[N+](C)(C)CCO.C[N+](C)(C)CCO.O=C([O-])/C=C/C(=O)[O-]. The summed E-state index contributed by atoms with van der Waals surface area (Å²) in [5, 5.41) is 35.6. The summed E-state index contributed by atoms with van der Waals surface area (Å²) in [4.78, 5) is 18.8. The number of carboxylic acids is 2. The number of quaternary nitrogens is 2. The van der Waals surface area contributed by atoms with Gasteiger partial charge in [0.2, 0.25) is 0 Å². The van der Waals surface area contributed by atoms with Gasteiger partial charge in [-0.25, -0.2) is 0 Å². The number of aliphatic hydroxyl groups excluding tert-OH is 2. The van der Waals surface area contributed by atoms with Gasteiger partial charge in [0.1, 0.15) is 13.1 Å². The fraction of sp³-hybridized carbons (Fsp3) is 0.714. The second-order valence-electron chi connectivity index (χ2n) is 6.45. The number of nitrogens with zero attached hydrogens (tertiary/aromatic N) is 2. The molecule has 0 spiro atoms. The molecular weight excluding hydrogens is 292 g/mol. The predicted octanol–water partition coefficient (Wildman–Crippen LogP) is -3.59. The van der Waals surface area contributed by atoms with E-state index in [9.17, 15) is 19.8 Å². The smallest absolute Gasteiger partial charge is 0.101 e. The van der Waals surface area contributed by atoms with Crippen molar-refractivity contribution in [3.8, 4) is 0 Å². The van der Waals surface area contributed by atoms with Crippen LogP contribution < -0.4 is 10.2 Å². The van der Waals surface area contributed by atoms with Gasteiger partial charge in [-0.15, -0.1) is 0 Å². The fourth-order valence-corrected chi connectivity index (χ4v) is 0.736. The summed E-state index contributed by atoms with van der Waals surface area (Å²) in [6.07, 6.45) is 0.769. The molecule has 0 aromatic rings. The molecule has 0 rings (SSSR count). The Morgan fingerprint density at radius 3 is 1.05 bits per heavy atom. The Morgan fingerprint density at radius 1 is 0.773 bits per heavy atom. The zero-order chi connectivity index (χ0) is 18.4. The molecule has 0 aromatic heterocycles. The average molecular weight is 322 g/mol. The van der Waals surface area contributed by atoms with Crippen molar-refractivity contribution in [2.75, 3.05) is 68.6 Å². The maximum atomic E-state index is 9.41. The lowest BCUT2D eigenvalue weighted by atomic mass is 10.5. The van der Waals surface area contributed by atoms with E-state index in [0.29, 0.717) is 12.2 Å². The molecule has 0 atom stereocenters. The second-order valence-corrected chi connectivity index (χ2v) is 6.45. The molecule has 8 nitrogen and oxygen atoms in total. The maximum Gasteiger partial charge on any atom is 0.101 e. The normalized spacial score (nSPS) is 11.1. The van der Waals surface area contributed by atoms with Crippen LogP contribution in [0.4, 0.5) is 0 Å². The van der Waals surface area contributed by atoms with Gasteiger partial charge in [-0.2, -0.15) is 0 Å². The van der Waals surface area contributed by atoms with Crippen LogP contribution in [-0.2, 0) is 9.59 Å². The summed E-state index contributed by atoms with van der Waals surface area (Å²) in [7, 11) is 12.3. The molecular formula is C14H30N2O6. The molecule has 8 heteroatoms. The predicted molar refractivity (Wildman–Crippen MR) is 79.1 cm³/mol. The summed E-state index contributed by atoms with van der Waals surface area (Å²) in [6, 6.07) is 0. The van der Waals surface area contributed by atoms with E-state index >= 15 is 0 Å². The number of carbonyl (C=O) groups is 2. The highest BCUT2D eigenvalue weighted by Crippen LogP contribution is 1.85. The summed E-state index contributed by atoms with van der Waals surface area (Å²) < 4.78 is 1.69. The molecule has 0 aliphatic heterocycles. The molecule has 0 unspecified atom stereocenters. The van der Waals surface area contributed by atoms with Crippen LogP contribution >= 0.6 is 0 Å². The van der Waals surface area contributed by atoms with Gasteiger partial charge < -0.3 is 39.0 Å². The van der Waals surface area contributed by atoms with Crippen LogP contribution in [0.1, 0.15) is 0 Å². The van der Waals surface area contributed by atoms with Crippen molar-refractivity contribution in [1.29, 1.82) is 0 Å². The molecule has 0 saturated carbocycles. The lowest BCUT2D eigenvalue weighted by Gasteiger charge is -2.21. The molecule has 22 heavy (non-hydrogen) atoms. The topological polar surface area (TPSA) is 121 Å². The van der Waals surface area contributed by atoms with Crippen molar-refractivity contribution in [3.05, 3.63) is 12.2 Å². The minimum absolute atomic E-state index is 0.281. The second kappa shape index (κ2) is 13.2. The van der Waals surface area contributed by atoms with E-state index in [1.54, 1.807) is 0 Å². The number of rotatable bonds is 6. The van der Waals surface area contributed by atoms with E-state index in [2.05, 4.69) is 42.3 Å². The van der Waals surface area contributed by atoms with E-state index in [1.807, 2.05) is 0 Å². The number of carboxylic acid groups (broad SMARTS) is 2. The van der Waals surface area contributed by atoms with Gasteiger partial charge in [0.25, 0.3) is 0 Å². The minimum Gasteiger partial charge on any atom is -0.545 e. The summed E-state index contributed by atoms with van der Waals surface area (Å²) in [5.41, 5.74) is 0. The van der Waals surface area contributed by atoms with Gasteiger partial charge in [-0.3, -0.25) is 0 Å². The Kier molecular flexibility index (Phi) is 15.3. The van der Waals surface area contributed by atoms with Crippen LogP contribution in [0.3, 0.4) is 0 Å². The summed E-state index contributed by atoms with van der Waals surface area (Å²) in [6.45, 7) is 2.23. The molecule has 0 amide bonds. The van der Waals surface area contributed by atoms with Crippen molar-refractivity contribution in [2.24, 2.45) is 0 Å². The van der Waals surface area contributed by atoms with Crippen LogP contribution in [0.25, 0.3) is 0 Å². The van der Waals surface area contributed by atoms with Gasteiger partial charge in [-0.05, 0) is 12.2 Å². The van der Waals surface area contributed by atoms with Crippen LogP contribution in [0.5, 0.6) is 0 Å². The summed E-state index contributed by atoms with van der Waals surface area (Å²) in [5.74, 6) is -3.09. The third kappa shape index (κ3) is 42.8. The molecule has 0 saturated heterocycles. The van der Waals surface area contributed by atoms with Crippen LogP contribution in [-0.4, -0.2) is 99.7 Å². The minimum atomic E-state index is -1.55. The molecule has 0 radical (unpaired) electrons. The zero-order valence-electron chi connectivity index (χ0n) is 14.4. The van der Waals surface area contributed by atoms with Crippen LogP contribution in [0.2, 0.25) is 0 Å². The Labute approximate surface area is 132 Å². The van der Waals surface area contributed by atoms with E-state index in [0.717, 1.165) is 22.1 Å². The summed E-state index contributed by atoms with van der Waals surface area (Å²) >= 11 is 0. The standard InChI is InChI=1S/2C5H14NO.C4H4O4/c2*1-6(2,3)4-5-7;5-3(6)1-2-4(7)8/h2*7H,4-5H2,1-3H3;1-2H,(H,5,6)(H,7,8)/q2*+1;/p-2/b;;2-1+. The quantitative estimate of drug-likeness (QED) is 0.385. The van der Waals surface area contributed by atoms with Crippen LogP contribution in [0, 0.1) is 0 Å². The average Bonchev–Trinajstić information content (AvgIpc) is 2.24. The first kappa shape index (κ1) is 25.5. The van der Waals surface area contributed by atoms with E-state index in [-0.39, 0.29) is 13.2 Å². The van der Waals surface area contributed by atoms with E-state index in [1.165, 1.54) is 0 Å². The Balaban J connectivity index is -0.000000247. The Bertz CT molecular complexity index is 297. The Hall–Kier alpha value is -1.48.